The Morgan fingerprint density at radius 2 is 1.83 bits per heavy atom. The molecule has 0 radical (unpaired) electrons. The Morgan fingerprint density at radius 3 is 2.56 bits per heavy atom. The van der Waals surface area contributed by atoms with Gasteiger partial charge in [-0.1, -0.05) is 50.2 Å². The number of fused-ring (bicyclic) bond motifs is 1. The van der Waals surface area contributed by atoms with E-state index in [0.29, 0.717) is 5.92 Å². The van der Waals surface area contributed by atoms with Gasteiger partial charge < -0.3 is 4.74 Å². The molecule has 0 atom stereocenters. The first kappa shape index (κ1) is 11.3. The SMILES string of the molecule is CC(C)c1cc2c(c(-c3ccccc3)c1)OCC2. The van der Waals surface area contributed by atoms with Gasteiger partial charge in [0.1, 0.15) is 5.75 Å². The highest BCUT2D eigenvalue weighted by molar-refractivity contribution is 5.74. The molecule has 0 aliphatic carbocycles. The molecule has 0 spiro atoms. The van der Waals surface area contributed by atoms with Gasteiger partial charge in [0.25, 0.3) is 0 Å². The lowest BCUT2D eigenvalue weighted by Crippen LogP contribution is -1.92. The number of hydrogen-bond acceptors (Lipinski definition) is 1. The maximum atomic E-state index is 5.82. The molecule has 1 nitrogen and oxygen atoms in total. The molecule has 1 heteroatoms. The third kappa shape index (κ3) is 1.90. The molecular formula is C17H18O. The summed E-state index contributed by atoms with van der Waals surface area (Å²) in [6.45, 7) is 5.30. The summed E-state index contributed by atoms with van der Waals surface area (Å²) >= 11 is 0. The van der Waals surface area contributed by atoms with Crippen molar-refractivity contribution in [2.45, 2.75) is 26.2 Å². The third-order valence-electron chi connectivity index (χ3n) is 3.56. The van der Waals surface area contributed by atoms with Crippen LogP contribution in [0.5, 0.6) is 5.75 Å². The van der Waals surface area contributed by atoms with Crippen molar-refractivity contribution < 1.29 is 4.74 Å². The molecule has 1 aliphatic heterocycles. The molecule has 0 N–H and O–H groups in total. The van der Waals surface area contributed by atoms with Gasteiger partial charge in [-0.15, -0.1) is 0 Å². The monoisotopic (exact) mass is 238 g/mol. The highest BCUT2D eigenvalue weighted by Gasteiger charge is 2.19. The molecule has 18 heavy (non-hydrogen) atoms. The van der Waals surface area contributed by atoms with Gasteiger partial charge in [0, 0.05) is 12.0 Å². The van der Waals surface area contributed by atoms with Crippen LogP contribution in [0.1, 0.15) is 30.9 Å². The van der Waals surface area contributed by atoms with E-state index < -0.39 is 0 Å². The minimum absolute atomic E-state index is 0.554. The standard InChI is InChI=1S/C17H18O/c1-12(2)15-10-14-8-9-18-17(14)16(11-15)13-6-4-3-5-7-13/h3-7,10-12H,8-9H2,1-2H3. The molecule has 0 amide bonds. The third-order valence-corrected chi connectivity index (χ3v) is 3.56. The summed E-state index contributed by atoms with van der Waals surface area (Å²) in [5, 5.41) is 0. The maximum absolute atomic E-state index is 5.82. The zero-order valence-electron chi connectivity index (χ0n) is 10.9. The van der Waals surface area contributed by atoms with E-state index in [-0.39, 0.29) is 0 Å². The van der Waals surface area contributed by atoms with E-state index in [4.69, 9.17) is 4.74 Å². The Kier molecular flexibility index (Phi) is 2.83. The molecule has 0 unspecified atom stereocenters. The van der Waals surface area contributed by atoms with Crippen LogP contribution in [0, 0.1) is 0 Å². The van der Waals surface area contributed by atoms with Crippen molar-refractivity contribution in [3.8, 4) is 16.9 Å². The van der Waals surface area contributed by atoms with Crippen LogP contribution in [0.2, 0.25) is 0 Å². The van der Waals surface area contributed by atoms with E-state index in [1.165, 1.54) is 22.3 Å². The predicted molar refractivity (Wildman–Crippen MR) is 75.2 cm³/mol. The summed E-state index contributed by atoms with van der Waals surface area (Å²) in [7, 11) is 0. The van der Waals surface area contributed by atoms with Crippen molar-refractivity contribution in [1.82, 2.24) is 0 Å². The summed E-state index contributed by atoms with van der Waals surface area (Å²) < 4.78 is 5.82. The van der Waals surface area contributed by atoms with Crippen LogP contribution in [0.15, 0.2) is 42.5 Å². The van der Waals surface area contributed by atoms with E-state index >= 15 is 0 Å². The smallest absolute Gasteiger partial charge is 0.130 e. The molecule has 1 heterocycles. The molecule has 0 saturated heterocycles. The fourth-order valence-electron chi connectivity index (χ4n) is 2.50. The van der Waals surface area contributed by atoms with Crippen molar-refractivity contribution in [1.29, 1.82) is 0 Å². The van der Waals surface area contributed by atoms with Crippen LogP contribution in [-0.4, -0.2) is 6.61 Å². The first-order chi connectivity index (χ1) is 8.75. The zero-order valence-corrected chi connectivity index (χ0v) is 10.9. The number of hydrogen-bond donors (Lipinski definition) is 0. The molecule has 1 aliphatic rings. The molecule has 2 aromatic rings. The average molecular weight is 238 g/mol. The van der Waals surface area contributed by atoms with Gasteiger partial charge in [-0.25, -0.2) is 0 Å². The van der Waals surface area contributed by atoms with Crippen molar-refractivity contribution >= 4 is 0 Å². The van der Waals surface area contributed by atoms with Crippen molar-refractivity contribution in [2.75, 3.05) is 6.61 Å². The van der Waals surface area contributed by atoms with E-state index in [1.807, 2.05) is 0 Å². The molecular weight excluding hydrogens is 220 g/mol. The van der Waals surface area contributed by atoms with Crippen LogP contribution < -0.4 is 4.74 Å². The molecule has 0 saturated carbocycles. The van der Waals surface area contributed by atoms with Gasteiger partial charge in [-0.2, -0.15) is 0 Å². The number of benzene rings is 2. The molecule has 3 rings (SSSR count). The van der Waals surface area contributed by atoms with Gasteiger partial charge in [-0.05, 0) is 28.7 Å². The lowest BCUT2D eigenvalue weighted by atomic mass is 9.93. The fourth-order valence-corrected chi connectivity index (χ4v) is 2.50. The van der Waals surface area contributed by atoms with Crippen molar-refractivity contribution in [2.24, 2.45) is 0 Å². The van der Waals surface area contributed by atoms with Gasteiger partial charge >= 0.3 is 0 Å². The first-order valence-corrected chi connectivity index (χ1v) is 6.61. The molecule has 0 aromatic heterocycles. The van der Waals surface area contributed by atoms with Crippen LogP contribution in [0.25, 0.3) is 11.1 Å². The summed E-state index contributed by atoms with van der Waals surface area (Å²) in [6.07, 6.45) is 1.04. The first-order valence-electron chi connectivity index (χ1n) is 6.61. The Bertz CT molecular complexity index is 555. The van der Waals surface area contributed by atoms with Crippen LogP contribution in [-0.2, 0) is 6.42 Å². The lowest BCUT2D eigenvalue weighted by Gasteiger charge is -2.13. The normalized spacial score (nSPS) is 13.5. The highest BCUT2D eigenvalue weighted by atomic mass is 16.5. The Morgan fingerprint density at radius 1 is 1.06 bits per heavy atom. The number of rotatable bonds is 2. The Hall–Kier alpha value is -1.76. The zero-order chi connectivity index (χ0) is 12.5. The summed E-state index contributed by atoms with van der Waals surface area (Å²) in [4.78, 5) is 0. The van der Waals surface area contributed by atoms with Crippen molar-refractivity contribution in [3.63, 3.8) is 0 Å². The lowest BCUT2D eigenvalue weighted by molar-refractivity contribution is 0.358. The van der Waals surface area contributed by atoms with Gasteiger partial charge in [0.05, 0.1) is 6.61 Å². The van der Waals surface area contributed by atoms with Gasteiger partial charge in [-0.3, -0.25) is 0 Å². The van der Waals surface area contributed by atoms with E-state index in [0.717, 1.165) is 18.8 Å². The summed E-state index contributed by atoms with van der Waals surface area (Å²) in [6, 6.07) is 15.1. The quantitative estimate of drug-likeness (QED) is 0.753. The fraction of sp³-hybridized carbons (Fsp3) is 0.294. The second kappa shape index (κ2) is 4.49. The maximum Gasteiger partial charge on any atom is 0.130 e. The second-order valence-corrected chi connectivity index (χ2v) is 5.18. The molecule has 2 aromatic carbocycles. The van der Waals surface area contributed by atoms with Gasteiger partial charge in [0.2, 0.25) is 0 Å². The second-order valence-electron chi connectivity index (χ2n) is 5.18. The van der Waals surface area contributed by atoms with E-state index in [1.54, 1.807) is 0 Å². The Balaban J connectivity index is 2.19. The van der Waals surface area contributed by atoms with Crippen LogP contribution in [0.3, 0.4) is 0 Å². The number of ether oxygens (including phenoxy) is 1. The largest absolute Gasteiger partial charge is 0.492 e. The minimum atomic E-state index is 0.554. The topological polar surface area (TPSA) is 9.23 Å². The molecule has 0 bridgehead atoms. The molecule has 92 valence electrons. The summed E-state index contributed by atoms with van der Waals surface area (Å²) in [5.74, 6) is 1.64. The van der Waals surface area contributed by atoms with E-state index in [9.17, 15) is 0 Å². The van der Waals surface area contributed by atoms with Crippen LogP contribution in [0.4, 0.5) is 0 Å². The van der Waals surface area contributed by atoms with Gasteiger partial charge in [0.15, 0.2) is 0 Å². The van der Waals surface area contributed by atoms with Crippen molar-refractivity contribution in [3.05, 3.63) is 53.6 Å². The summed E-state index contributed by atoms with van der Waals surface area (Å²) in [5.41, 5.74) is 5.26. The highest BCUT2D eigenvalue weighted by Crippen LogP contribution is 2.39. The predicted octanol–water partition coefficient (Wildman–Crippen LogP) is 4.41. The Labute approximate surface area is 108 Å². The van der Waals surface area contributed by atoms with Crippen LogP contribution >= 0.6 is 0 Å². The minimum Gasteiger partial charge on any atom is -0.492 e. The van der Waals surface area contributed by atoms with E-state index in [2.05, 4.69) is 56.3 Å². The average Bonchev–Trinajstić information content (AvgIpc) is 2.86. The molecule has 0 fully saturated rings.